The van der Waals surface area contributed by atoms with Crippen molar-refractivity contribution in [3.8, 4) is 0 Å². The number of likely N-dealkylation sites (N-methyl/N-ethyl adjacent to an activating group) is 1. The van der Waals surface area contributed by atoms with Crippen LogP contribution in [-0.2, 0) is 4.74 Å². The van der Waals surface area contributed by atoms with Gasteiger partial charge in [0, 0.05) is 26.2 Å². The van der Waals surface area contributed by atoms with Crippen molar-refractivity contribution in [2.75, 3.05) is 46.4 Å². The maximum absolute atomic E-state index is 5.73. The molecule has 1 saturated carbocycles. The molecule has 1 N–H and O–H groups in total. The zero-order valence-corrected chi connectivity index (χ0v) is 14.4. The van der Waals surface area contributed by atoms with Gasteiger partial charge in [0.05, 0.1) is 6.61 Å². The molecule has 0 bridgehead atoms. The molecule has 0 aromatic carbocycles. The molecule has 1 fully saturated rings. The van der Waals surface area contributed by atoms with Crippen molar-refractivity contribution in [1.29, 1.82) is 0 Å². The molecule has 1 rings (SSSR count). The Labute approximate surface area is 126 Å². The van der Waals surface area contributed by atoms with Gasteiger partial charge in [0.15, 0.2) is 0 Å². The number of hydrogen-bond donors (Lipinski definition) is 1. The second-order valence-corrected chi connectivity index (χ2v) is 7.45. The van der Waals surface area contributed by atoms with Gasteiger partial charge in [-0.3, -0.25) is 0 Å². The van der Waals surface area contributed by atoms with Gasteiger partial charge in [-0.05, 0) is 50.1 Å². The summed E-state index contributed by atoms with van der Waals surface area (Å²) in [7, 11) is 2.22. The number of hydrogen-bond acceptors (Lipinski definition) is 3. The van der Waals surface area contributed by atoms with Crippen molar-refractivity contribution >= 4 is 0 Å². The third kappa shape index (κ3) is 8.23. The van der Waals surface area contributed by atoms with Crippen molar-refractivity contribution in [1.82, 2.24) is 10.2 Å². The van der Waals surface area contributed by atoms with Crippen molar-refractivity contribution in [3.05, 3.63) is 0 Å². The van der Waals surface area contributed by atoms with Crippen LogP contribution in [0.25, 0.3) is 0 Å². The molecular weight excluding hydrogens is 248 g/mol. The normalized spacial score (nSPS) is 18.8. The van der Waals surface area contributed by atoms with Gasteiger partial charge < -0.3 is 15.0 Å². The summed E-state index contributed by atoms with van der Waals surface area (Å²) < 4.78 is 5.73. The van der Waals surface area contributed by atoms with Crippen LogP contribution >= 0.6 is 0 Å². The molecule has 0 saturated heterocycles. The summed E-state index contributed by atoms with van der Waals surface area (Å²) in [6, 6.07) is 0. The monoisotopic (exact) mass is 284 g/mol. The lowest BCUT2D eigenvalue weighted by Crippen LogP contribution is -2.42. The summed E-state index contributed by atoms with van der Waals surface area (Å²) in [4.78, 5) is 2.42. The fourth-order valence-electron chi connectivity index (χ4n) is 2.44. The number of nitrogens with one attached hydrogen (secondary N) is 1. The number of nitrogens with zero attached hydrogens (tertiary/aromatic N) is 1. The van der Waals surface area contributed by atoms with Gasteiger partial charge in [0.2, 0.25) is 0 Å². The summed E-state index contributed by atoms with van der Waals surface area (Å²) in [5.74, 6) is 1.60. The Morgan fingerprint density at radius 3 is 2.60 bits per heavy atom. The van der Waals surface area contributed by atoms with Gasteiger partial charge in [-0.15, -0.1) is 0 Å². The molecule has 0 aliphatic heterocycles. The molecular formula is C17H36N2O. The quantitative estimate of drug-likeness (QED) is 0.558. The van der Waals surface area contributed by atoms with E-state index in [2.05, 4.69) is 45.0 Å². The molecule has 1 aliphatic carbocycles. The van der Waals surface area contributed by atoms with Crippen LogP contribution in [0.3, 0.4) is 0 Å². The van der Waals surface area contributed by atoms with E-state index in [1.807, 2.05) is 0 Å². The highest BCUT2D eigenvalue weighted by atomic mass is 16.5. The van der Waals surface area contributed by atoms with Gasteiger partial charge >= 0.3 is 0 Å². The van der Waals surface area contributed by atoms with Gasteiger partial charge in [0.25, 0.3) is 0 Å². The Balaban J connectivity index is 2.14. The van der Waals surface area contributed by atoms with E-state index >= 15 is 0 Å². The first-order chi connectivity index (χ1) is 9.45. The van der Waals surface area contributed by atoms with E-state index in [0.29, 0.717) is 5.41 Å². The van der Waals surface area contributed by atoms with Crippen LogP contribution in [0.4, 0.5) is 0 Å². The van der Waals surface area contributed by atoms with Crippen LogP contribution in [0.1, 0.15) is 47.0 Å². The Morgan fingerprint density at radius 1 is 1.35 bits per heavy atom. The standard InChI is InChI=1S/C17H36N2O/c1-6-17(4,13-18-11-15(2)3)14-19(5)9-10-20-12-16-7-8-16/h15-16,18H,6-14H2,1-5H3. The van der Waals surface area contributed by atoms with Crippen molar-refractivity contribution in [2.45, 2.75) is 47.0 Å². The van der Waals surface area contributed by atoms with Crippen LogP contribution in [0.5, 0.6) is 0 Å². The average molecular weight is 284 g/mol. The fraction of sp³-hybridized carbons (Fsp3) is 1.00. The molecule has 0 heterocycles. The first kappa shape index (κ1) is 17.9. The topological polar surface area (TPSA) is 24.5 Å². The van der Waals surface area contributed by atoms with E-state index in [1.165, 1.54) is 19.3 Å². The van der Waals surface area contributed by atoms with Crippen LogP contribution < -0.4 is 5.32 Å². The molecule has 0 aromatic heterocycles. The predicted molar refractivity (Wildman–Crippen MR) is 87.1 cm³/mol. The minimum atomic E-state index is 0.361. The first-order valence-corrected chi connectivity index (χ1v) is 8.42. The first-order valence-electron chi connectivity index (χ1n) is 8.42. The molecule has 120 valence electrons. The summed E-state index contributed by atoms with van der Waals surface area (Å²) in [6.45, 7) is 15.5. The molecule has 3 nitrogen and oxygen atoms in total. The predicted octanol–water partition coefficient (Wildman–Crippen LogP) is 3.01. The molecule has 20 heavy (non-hydrogen) atoms. The van der Waals surface area contributed by atoms with E-state index < -0.39 is 0 Å². The summed E-state index contributed by atoms with van der Waals surface area (Å²) in [5, 5.41) is 3.61. The zero-order chi connectivity index (χ0) is 15.0. The van der Waals surface area contributed by atoms with Gasteiger partial charge in [-0.25, -0.2) is 0 Å². The largest absolute Gasteiger partial charge is 0.380 e. The highest BCUT2D eigenvalue weighted by molar-refractivity contribution is 4.79. The molecule has 0 amide bonds. The lowest BCUT2D eigenvalue weighted by atomic mass is 9.86. The van der Waals surface area contributed by atoms with Crippen LogP contribution in [0, 0.1) is 17.3 Å². The second kappa shape index (κ2) is 9.01. The molecule has 0 aromatic rings. The Hall–Kier alpha value is -0.120. The molecule has 3 heteroatoms. The molecule has 1 atom stereocenters. The third-order valence-electron chi connectivity index (χ3n) is 4.28. The number of ether oxygens (including phenoxy) is 1. The molecule has 0 radical (unpaired) electrons. The summed E-state index contributed by atoms with van der Waals surface area (Å²) >= 11 is 0. The minimum absolute atomic E-state index is 0.361. The highest BCUT2D eigenvalue weighted by Gasteiger charge is 2.24. The van der Waals surface area contributed by atoms with Crippen molar-refractivity contribution in [3.63, 3.8) is 0 Å². The molecule has 1 unspecified atom stereocenters. The second-order valence-electron chi connectivity index (χ2n) is 7.45. The summed E-state index contributed by atoms with van der Waals surface area (Å²) in [5.41, 5.74) is 0.361. The maximum atomic E-state index is 5.73. The Morgan fingerprint density at radius 2 is 2.05 bits per heavy atom. The fourth-order valence-corrected chi connectivity index (χ4v) is 2.44. The minimum Gasteiger partial charge on any atom is -0.380 e. The van der Waals surface area contributed by atoms with Crippen molar-refractivity contribution < 1.29 is 4.74 Å². The lowest BCUT2D eigenvalue weighted by Gasteiger charge is -2.33. The average Bonchev–Trinajstić information content (AvgIpc) is 3.18. The van der Waals surface area contributed by atoms with Gasteiger partial charge in [-0.1, -0.05) is 27.7 Å². The molecule has 1 aliphatic rings. The molecule has 0 spiro atoms. The van der Waals surface area contributed by atoms with E-state index in [-0.39, 0.29) is 0 Å². The van der Waals surface area contributed by atoms with Gasteiger partial charge in [0.1, 0.15) is 0 Å². The van der Waals surface area contributed by atoms with Crippen molar-refractivity contribution in [2.24, 2.45) is 17.3 Å². The third-order valence-corrected chi connectivity index (χ3v) is 4.28. The van der Waals surface area contributed by atoms with E-state index in [9.17, 15) is 0 Å². The zero-order valence-electron chi connectivity index (χ0n) is 14.4. The van der Waals surface area contributed by atoms with E-state index in [0.717, 1.165) is 51.2 Å². The van der Waals surface area contributed by atoms with E-state index in [1.54, 1.807) is 0 Å². The summed E-state index contributed by atoms with van der Waals surface area (Å²) in [6.07, 6.45) is 3.97. The van der Waals surface area contributed by atoms with Crippen LogP contribution in [0.2, 0.25) is 0 Å². The van der Waals surface area contributed by atoms with Gasteiger partial charge in [-0.2, -0.15) is 0 Å². The maximum Gasteiger partial charge on any atom is 0.0593 e. The van der Waals surface area contributed by atoms with Crippen LogP contribution in [0.15, 0.2) is 0 Å². The Kier molecular flexibility index (Phi) is 8.08. The number of rotatable bonds is 12. The lowest BCUT2D eigenvalue weighted by molar-refractivity contribution is 0.0880. The smallest absolute Gasteiger partial charge is 0.0593 e. The highest BCUT2D eigenvalue weighted by Crippen LogP contribution is 2.28. The SMILES string of the molecule is CCC(C)(CNCC(C)C)CN(C)CCOCC1CC1. The van der Waals surface area contributed by atoms with E-state index in [4.69, 9.17) is 4.74 Å². The van der Waals surface area contributed by atoms with Crippen LogP contribution in [-0.4, -0.2) is 51.3 Å². The Bertz CT molecular complexity index is 253.